The number of fused-ring (bicyclic) bond motifs is 1. The van der Waals surface area contributed by atoms with Gasteiger partial charge in [0.1, 0.15) is 17.8 Å². The van der Waals surface area contributed by atoms with Gasteiger partial charge in [0.2, 0.25) is 5.91 Å². The first-order chi connectivity index (χ1) is 14.1. The van der Waals surface area contributed by atoms with Crippen LogP contribution in [0.25, 0.3) is 10.8 Å². The summed E-state index contributed by atoms with van der Waals surface area (Å²) in [6.07, 6.45) is 0.278. The number of nitrogens with one attached hydrogen (secondary N) is 1. The van der Waals surface area contributed by atoms with Crippen LogP contribution in [-0.4, -0.2) is 24.2 Å². The van der Waals surface area contributed by atoms with Crippen molar-refractivity contribution in [3.8, 4) is 5.75 Å². The molecule has 0 saturated heterocycles. The van der Waals surface area contributed by atoms with E-state index in [1.165, 1.54) is 12.5 Å². The van der Waals surface area contributed by atoms with E-state index in [4.69, 9.17) is 14.7 Å². The fourth-order valence-electron chi connectivity index (χ4n) is 3.86. The van der Waals surface area contributed by atoms with Gasteiger partial charge in [-0.15, -0.1) is 0 Å². The van der Waals surface area contributed by atoms with Gasteiger partial charge in [-0.05, 0) is 46.5 Å². The normalized spacial score (nSPS) is 20.1. The molecule has 1 fully saturated rings. The highest BCUT2D eigenvalue weighted by Gasteiger charge is 2.65. The van der Waals surface area contributed by atoms with Crippen molar-refractivity contribution in [1.82, 2.24) is 5.48 Å². The van der Waals surface area contributed by atoms with Crippen molar-refractivity contribution in [3.63, 3.8) is 0 Å². The highest BCUT2D eigenvalue weighted by Crippen LogP contribution is 2.55. The summed E-state index contributed by atoms with van der Waals surface area (Å²) in [4.78, 5) is 24.3. The lowest BCUT2D eigenvalue weighted by atomic mass is 9.92. The Morgan fingerprint density at radius 3 is 2.62 bits per heavy atom. The second kappa shape index (κ2) is 7.56. The summed E-state index contributed by atoms with van der Waals surface area (Å²) >= 11 is 0. The molecule has 1 aliphatic rings. The molecular formula is C23H21NO5. The number of benzene rings is 3. The monoisotopic (exact) mass is 391 g/mol. The lowest BCUT2D eigenvalue weighted by molar-refractivity contribution is -0.146. The summed E-state index contributed by atoms with van der Waals surface area (Å²) in [6, 6.07) is 21.4. The molecule has 29 heavy (non-hydrogen) atoms. The van der Waals surface area contributed by atoms with E-state index in [2.05, 4.69) is 24.3 Å². The van der Waals surface area contributed by atoms with Crippen LogP contribution in [-0.2, 0) is 26.3 Å². The lowest BCUT2D eigenvalue weighted by Crippen LogP contribution is -2.31. The molecule has 1 amide bonds. The maximum Gasteiger partial charge on any atom is 0.317 e. The van der Waals surface area contributed by atoms with E-state index < -0.39 is 23.2 Å². The van der Waals surface area contributed by atoms with Crippen LogP contribution in [0.2, 0.25) is 0 Å². The van der Waals surface area contributed by atoms with Crippen LogP contribution < -0.4 is 10.2 Å². The Hall–Kier alpha value is -3.38. The number of hydrogen-bond acceptors (Lipinski definition) is 5. The third kappa shape index (κ3) is 3.43. The number of amides is 1. The molecule has 0 radical (unpaired) electrons. The molecule has 1 aliphatic carbocycles. The van der Waals surface area contributed by atoms with E-state index in [1.807, 2.05) is 18.2 Å². The summed E-state index contributed by atoms with van der Waals surface area (Å²) in [5, 5.41) is 11.3. The largest absolute Gasteiger partial charge is 0.489 e. The fraction of sp³-hybridized carbons (Fsp3) is 0.217. The second-order valence-corrected chi connectivity index (χ2v) is 7.19. The van der Waals surface area contributed by atoms with Crippen LogP contribution in [0.3, 0.4) is 0 Å². The molecule has 0 spiro atoms. The van der Waals surface area contributed by atoms with Gasteiger partial charge in [0, 0.05) is 0 Å². The average Bonchev–Trinajstić information content (AvgIpc) is 3.54. The van der Waals surface area contributed by atoms with E-state index in [0.717, 1.165) is 10.9 Å². The van der Waals surface area contributed by atoms with Crippen LogP contribution in [0.1, 0.15) is 17.5 Å². The summed E-state index contributed by atoms with van der Waals surface area (Å²) in [6.45, 7) is 0.375. The van der Waals surface area contributed by atoms with E-state index >= 15 is 0 Å². The van der Waals surface area contributed by atoms with Gasteiger partial charge in [-0.3, -0.25) is 14.8 Å². The van der Waals surface area contributed by atoms with E-state index in [0.29, 0.717) is 17.9 Å². The Bertz CT molecular complexity index is 1080. The zero-order valence-corrected chi connectivity index (χ0v) is 15.9. The first-order valence-corrected chi connectivity index (χ1v) is 9.32. The Morgan fingerprint density at radius 1 is 1.07 bits per heavy atom. The molecule has 2 atom stereocenters. The predicted molar refractivity (Wildman–Crippen MR) is 106 cm³/mol. The van der Waals surface area contributed by atoms with Gasteiger partial charge < -0.3 is 9.47 Å². The molecule has 4 rings (SSSR count). The topological polar surface area (TPSA) is 84.9 Å². The molecule has 1 saturated carbocycles. The Labute approximate surface area is 168 Å². The average molecular weight is 391 g/mol. The van der Waals surface area contributed by atoms with Crippen molar-refractivity contribution in [2.24, 2.45) is 5.92 Å². The van der Waals surface area contributed by atoms with Crippen molar-refractivity contribution in [2.45, 2.75) is 18.4 Å². The second-order valence-electron chi connectivity index (χ2n) is 7.19. The molecule has 0 bridgehead atoms. The maximum atomic E-state index is 12.4. The van der Waals surface area contributed by atoms with E-state index in [-0.39, 0.29) is 6.42 Å². The third-order valence-electron chi connectivity index (χ3n) is 5.51. The first kappa shape index (κ1) is 19.0. The fourth-order valence-corrected chi connectivity index (χ4v) is 3.86. The number of carbonyl (C=O) groups is 2. The van der Waals surface area contributed by atoms with Gasteiger partial charge in [-0.2, -0.15) is 0 Å². The molecule has 3 aromatic rings. The predicted octanol–water partition coefficient (Wildman–Crippen LogP) is 3.35. The molecule has 148 valence electrons. The lowest BCUT2D eigenvalue weighted by Gasteiger charge is -2.16. The minimum Gasteiger partial charge on any atom is -0.489 e. The van der Waals surface area contributed by atoms with Crippen molar-refractivity contribution in [3.05, 3.63) is 77.9 Å². The first-order valence-electron chi connectivity index (χ1n) is 9.32. The van der Waals surface area contributed by atoms with E-state index in [9.17, 15) is 9.59 Å². The zero-order valence-electron chi connectivity index (χ0n) is 15.9. The number of methoxy groups -OCH3 is 1. The van der Waals surface area contributed by atoms with Crippen LogP contribution in [0.5, 0.6) is 5.75 Å². The molecule has 0 heterocycles. The van der Waals surface area contributed by atoms with E-state index in [1.54, 1.807) is 29.7 Å². The Morgan fingerprint density at radius 2 is 1.86 bits per heavy atom. The SMILES string of the molecule is COC(=O)C1(c2cccc(OCc3ccc4ccccc4c3)c2)CC1C(=O)NO. The molecule has 6 heteroatoms. The van der Waals surface area contributed by atoms with Crippen molar-refractivity contribution in [2.75, 3.05) is 7.11 Å². The summed E-state index contributed by atoms with van der Waals surface area (Å²) in [5.41, 5.74) is 2.20. The number of hydroxylamine groups is 1. The molecular weight excluding hydrogens is 370 g/mol. The van der Waals surface area contributed by atoms with Crippen molar-refractivity contribution >= 4 is 22.6 Å². The maximum absolute atomic E-state index is 12.4. The van der Waals surface area contributed by atoms with Gasteiger partial charge in [0.15, 0.2) is 0 Å². The minimum absolute atomic E-state index is 0.278. The number of hydrogen-bond donors (Lipinski definition) is 2. The number of rotatable bonds is 6. The van der Waals surface area contributed by atoms with Crippen molar-refractivity contribution < 1.29 is 24.3 Å². The van der Waals surface area contributed by atoms with Gasteiger partial charge in [-0.25, -0.2) is 5.48 Å². The summed E-state index contributed by atoms with van der Waals surface area (Å²) < 4.78 is 10.9. The van der Waals surface area contributed by atoms with Crippen LogP contribution in [0.4, 0.5) is 0 Å². The standard InChI is InChI=1S/C23H21NO5/c1-28-22(26)23(13-20(23)21(25)24-27)18-7-4-8-19(12-18)29-14-15-9-10-16-5-2-3-6-17(16)11-15/h2-12,20,27H,13-14H2,1H3,(H,24,25). The number of carbonyl (C=O) groups excluding carboxylic acids is 2. The van der Waals surface area contributed by atoms with Crippen LogP contribution in [0.15, 0.2) is 66.7 Å². The van der Waals surface area contributed by atoms with Gasteiger partial charge in [0.05, 0.1) is 13.0 Å². The smallest absolute Gasteiger partial charge is 0.317 e. The molecule has 2 unspecified atom stereocenters. The van der Waals surface area contributed by atoms with Gasteiger partial charge >= 0.3 is 5.97 Å². The quantitative estimate of drug-likeness (QED) is 0.382. The van der Waals surface area contributed by atoms with Crippen LogP contribution >= 0.6 is 0 Å². The van der Waals surface area contributed by atoms with Gasteiger partial charge in [0.25, 0.3) is 0 Å². The summed E-state index contributed by atoms with van der Waals surface area (Å²) in [5.74, 6) is -1.18. The molecule has 3 aromatic carbocycles. The molecule has 0 aliphatic heterocycles. The minimum atomic E-state index is -1.09. The zero-order chi connectivity index (χ0) is 20.4. The molecule has 6 nitrogen and oxygen atoms in total. The van der Waals surface area contributed by atoms with Crippen molar-refractivity contribution in [1.29, 1.82) is 0 Å². The molecule has 0 aromatic heterocycles. The molecule has 2 N–H and O–H groups in total. The van der Waals surface area contributed by atoms with Gasteiger partial charge in [-0.1, -0.05) is 48.5 Å². The number of ether oxygens (including phenoxy) is 2. The highest BCUT2D eigenvalue weighted by molar-refractivity contribution is 5.97. The Balaban J connectivity index is 1.55. The summed E-state index contributed by atoms with van der Waals surface area (Å²) in [7, 11) is 1.29. The number of esters is 1. The van der Waals surface area contributed by atoms with Crippen LogP contribution in [0, 0.1) is 5.92 Å². The highest BCUT2D eigenvalue weighted by atomic mass is 16.5. The third-order valence-corrected chi connectivity index (χ3v) is 5.51. The Kier molecular flexibility index (Phi) is 4.94.